The highest BCUT2D eigenvalue weighted by Crippen LogP contribution is 2.30. The van der Waals surface area contributed by atoms with E-state index >= 15 is 0 Å². The van der Waals surface area contributed by atoms with Crippen molar-refractivity contribution in [2.75, 3.05) is 5.32 Å². The van der Waals surface area contributed by atoms with Gasteiger partial charge in [-0.1, -0.05) is 0 Å². The topological polar surface area (TPSA) is 97.6 Å². The fourth-order valence-electron chi connectivity index (χ4n) is 3.52. The molecule has 8 nitrogen and oxygen atoms in total. The first-order chi connectivity index (χ1) is 16.0. The first-order valence-electron chi connectivity index (χ1n) is 10.4. The van der Waals surface area contributed by atoms with Gasteiger partial charge in [-0.15, -0.1) is 0 Å². The van der Waals surface area contributed by atoms with Crippen molar-refractivity contribution in [2.24, 2.45) is 7.05 Å². The maximum absolute atomic E-state index is 12.8. The van der Waals surface area contributed by atoms with E-state index in [0.717, 1.165) is 17.6 Å². The summed E-state index contributed by atoms with van der Waals surface area (Å²) in [5.74, 6) is 0.0595. The van der Waals surface area contributed by atoms with Crippen molar-refractivity contribution in [1.29, 1.82) is 0 Å². The predicted molar refractivity (Wildman–Crippen MR) is 121 cm³/mol. The van der Waals surface area contributed by atoms with Gasteiger partial charge in [-0.2, -0.15) is 13.2 Å². The molecule has 1 aromatic carbocycles. The highest BCUT2D eigenvalue weighted by atomic mass is 19.4. The van der Waals surface area contributed by atoms with E-state index in [1.165, 1.54) is 12.1 Å². The molecule has 4 aromatic rings. The standard InChI is InChI=1S/C23H22F3N7O/c1-12-20(13(2)31-22(34)17-9-19-18(10-27-17)28-11-33(19)4)29-14(3)21(30-12)32-16-7-5-15(6-8-16)23(24,25)26/h5-11,13H,1-4H3,(H,30,32)(H,31,34). The van der Waals surface area contributed by atoms with Gasteiger partial charge in [0.1, 0.15) is 11.2 Å². The molecule has 0 aliphatic carbocycles. The summed E-state index contributed by atoms with van der Waals surface area (Å²) in [5, 5.41) is 5.88. The van der Waals surface area contributed by atoms with Crippen LogP contribution in [0.15, 0.2) is 42.9 Å². The second-order valence-electron chi connectivity index (χ2n) is 7.94. The van der Waals surface area contributed by atoms with Gasteiger partial charge in [0.15, 0.2) is 5.82 Å². The van der Waals surface area contributed by atoms with Gasteiger partial charge in [0.25, 0.3) is 5.91 Å². The number of fused-ring (bicyclic) bond motifs is 1. The van der Waals surface area contributed by atoms with Crippen LogP contribution in [0.2, 0.25) is 0 Å². The maximum Gasteiger partial charge on any atom is 0.416 e. The van der Waals surface area contributed by atoms with Crippen LogP contribution in [-0.2, 0) is 13.2 Å². The number of nitrogens with zero attached hydrogens (tertiary/aromatic N) is 5. The number of pyridine rings is 1. The molecule has 0 aliphatic heterocycles. The van der Waals surface area contributed by atoms with E-state index in [-0.39, 0.29) is 11.6 Å². The Balaban J connectivity index is 1.50. The van der Waals surface area contributed by atoms with Crippen molar-refractivity contribution < 1.29 is 18.0 Å². The Labute approximate surface area is 193 Å². The normalized spacial score (nSPS) is 12.6. The lowest BCUT2D eigenvalue weighted by Crippen LogP contribution is -2.29. The molecule has 1 atom stereocenters. The molecule has 0 aliphatic rings. The fraction of sp³-hybridized carbons (Fsp3) is 0.261. The number of carbonyl (C=O) groups excluding carboxylic acids is 1. The number of nitrogens with one attached hydrogen (secondary N) is 2. The predicted octanol–water partition coefficient (Wildman–Crippen LogP) is 4.63. The Hall–Kier alpha value is -4.02. The van der Waals surface area contributed by atoms with Gasteiger partial charge in [0.2, 0.25) is 0 Å². The summed E-state index contributed by atoms with van der Waals surface area (Å²) in [6.07, 6.45) is -1.20. The molecule has 2 N–H and O–H groups in total. The van der Waals surface area contributed by atoms with Crippen LogP contribution in [-0.4, -0.2) is 30.4 Å². The van der Waals surface area contributed by atoms with Crippen LogP contribution in [0.25, 0.3) is 11.0 Å². The molecular formula is C23H22F3N7O. The van der Waals surface area contributed by atoms with Crippen molar-refractivity contribution in [3.8, 4) is 0 Å². The third-order valence-electron chi connectivity index (χ3n) is 5.36. The van der Waals surface area contributed by atoms with E-state index in [9.17, 15) is 18.0 Å². The van der Waals surface area contributed by atoms with Gasteiger partial charge < -0.3 is 15.2 Å². The lowest BCUT2D eigenvalue weighted by atomic mass is 10.1. The fourth-order valence-corrected chi connectivity index (χ4v) is 3.52. The number of hydrogen-bond acceptors (Lipinski definition) is 6. The number of hydrogen-bond donors (Lipinski definition) is 2. The van der Waals surface area contributed by atoms with Crippen molar-refractivity contribution in [3.05, 3.63) is 71.2 Å². The number of aromatic nitrogens is 5. The summed E-state index contributed by atoms with van der Waals surface area (Å²) in [6, 6.07) is 5.89. The van der Waals surface area contributed by atoms with E-state index in [2.05, 4.69) is 30.6 Å². The molecule has 11 heteroatoms. The number of carbonyl (C=O) groups is 1. The number of anilines is 2. The molecule has 0 bridgehead atoms. The number of rotatable bonds is 5. The third kappa shape index (κ3) is 4.68. The number of halogens is 3. The Morgan fingerprint density at radius 1 is 1.06 bits per heavy atom. The van der Waals surface area contributed by atoms with Crippen LogP contribution >= 0.6 is 0 Å². The van der Waals surface area contributed by atoms with Gasteiger partial charge in [-0.25, -0.2) is 15.0 Å². The quantitative estimate of drug-likeness (QED) is 0.442. The monoisotopic (exact) mass is 469 g/mol. The average molecular weight is 469 g/mol. The van der Waals surface area contributed by atoms with Crippen molar-refractivity contribution >= 4 is 28.4 Å². The van der Waals surface area contributed by atoms with E-state index in [0.29, 0.717) is 34.1 Å². The SMILES string of the molecule is Cc1nc(C(C)NC(=O)c2cc3c(cn2)ncn3C)c(C)nc1Nc1ccc(C(F)(F)F)cc1. The van der Waals surface area contributed by atoms with E-state index in [1.807, 2.05) is 7.05 Å². The summed E-state index contributed by atoms with van der Waals surface area (Å²) >= 11 is 0. The molecule has 0 saturated heterocycles. The van der Waals surface area contributed by atoms with Crippen LogP contribution in [0.3, 0.4) is 0 Å². The summed E-state index contributed by atoms with van der Waals surface area (Å²) in [7, 11) is 1.83. The van der Waals surface area contributed by atoms with E-state index < -0.39 is 17.8 Å². The first-order valence-corrected chi connectivity index (χ1v) is 10.4. The molecule has 4 rings (SSSR count). The Morgan fingerprint density at radius 2 is 1.76 bits per heavy atom. The van der Waals surface area contributed by atoms with Crippen molar-refractivity contribution in [3.63, 3.8) is 0 Å². The second-order valence-corrected chi connectivity index (χ2v) is 7.94. The number of benzene rings is 1. The zero-order valence-electron chi connectivity index (χ0n) is 18.9. The Kier molecular flexibility index (Phi) is 5.94. The highest BCUT2D eigenvalue weighted by molar-refractivity contribution is 5.95. The summed E-state index contributed by atoms with van der Waals surface area (Å²) in [5.41, 5.74) is 3.15. The zero-order chi connectivity index (χ0) is 24.6. The summed E-state index contributed by atoms with van der Waals surface area (Å²) in [4.78, 5) is 30.2. The van der Waals surface area contributed by atoms with Gasteiger partial charge in [0.05, 0.1) is 46.7 Å². The molecule has 3 aromatic heterocycles. The first kappa shape index (κ1) is 23.1. The average Bonchev–Trinajstić information content (AvgIpc) is 3.15. The summed E-state index contributed by atoms with van der Waals surface area (Å²) in [6.45, 7) is 5.27. The second kappa shape index (κ2) is 8.73. The maximum atomic E-state index is 12.8. The molecular weight excluding hydrogens is 447 g/mol. The lowest BCUT2D eigenvalue weighted by Gasteiger charge is -2.18. The number of alkyl halides is 3. The van der Waals surface area contributed by atoms with Gasteiger partial charge in [-0.3, -0.25) is 9.78 Å². The molecule has 0 saturated carbocycles. The minimum Gasteiger partial charge on any atom is -0.343 e. The minimum atomic E-state index is -4.40. The Morgan fingerprint density at radius 3 is 2.44 bits per heavy atom. The third-order valence-corrected chi connectivity index (χ3v) is 5.36. The molecule has 176 valence electrons. The van der Waals surface area contributed by atoms with Gasteiger partial charge in [-0.05, 0) is 51.1 Å². The number of imidazole rings is 1. The van der Waals surface area contributed by atoms with Crippen LogP contribution in [0, 0.1) is 13.8 Å². The molecule has 3 heterocycles. The molecule has 34 heavy (non-hydrogen) atoms. The molecule has 1 unspecified atom stereocenters. The van der Waals surface area contributed by atoms with Gasteiger partial charge in [0, 0.05) is 12.7 Å². The van der Waals surface area contributed by atoms with Crippen LogP contribution in [0.1, 0.15) is 46.1 Å². The highest BCUT2D eigenvalue weighted by Gasteiger charge is 2.30. The zero-order valence-corrected chi connectivity index (χ0v) is 18.9. The van der Waals surface area contributed by atoms with Crippen LogP contribution < -0.4 is 10.6 Å². The molecule has 0 spiro atoms. The molecule has 0 fully saturated rings. The smallest absolute Gasteiger partial charge is 0.343 e. The number of amides is 1. The molecule has 1 amide bonds. The van der Waals surface area contributed by atoms with E-state index in [4.69, 9.17) is 0 Å². The lowest BCUT2D eigenvalue weighted by molar-refractivity contribution is -0.137. The minimum absolute atomic E-state index is 0.255. The van der Waals surface area contributed by atoms with Gasteiger partial charge >= 0.3 is 6.18 Å². The van der Waals surface area contributed by atoms with Crippen molar-refractivity contribution in [2.45, 2.75) is 33.0 Å². The van der Waals surface area contributed by atoms with E-state index in [1.54, 1.807) is 43.9 Å². The van der Waals surface area contributed by atoms with Crippen molar-refractivity contribution in [1.82, 2.24) is 29.8 Å². The number of aryl methyl sites for hydroxylation is 3. The molecule has 0 radical (unpaired) electrons. The Bertz CT molecular complexity index is 1360. The van der Waals surface area contributed by atoms with Crippen LogP contribution in [0.5, 0.6) is 0 Å². The summed E-state index contributed by atoms with van der Waals surface area (Å²) < 4.78 is 40.1. The largest absolute Gasteiger partial charge is 0.416 e. The van der Waals surface area contributed by atoms with Crippen LogP contribution in [0.4, 0.5) is 24.7 Å².